The predicted molar refractivity (Wildman–Crippen MR) is 44.9 cm³/mol. The van der Waals surface area contributed by atoms with E-state index in [4.69, 9.17) is 82.9 Å². The second-order valence-corrected chi connectivity index (χ2v) is 0.730. The van der Waals surface area contributed by atoms with Crippen LogP contribution in [0.25, 0.3) is 0 Å². The van der Waals surface area contributed by atoms with Crippen LogP contribution in [0.4, 0.5) is 0 Å². The molecule has 0 fully saturated rings. The Morgan fingerprint density at radius 1 is 0.321 bits per heavy atom. The van der Waals surface area contributed by atoms with Crippen LogP contribution in [0.1, 0.15) is 0 Å². The molecule has 0 aromatic carbocycles. The Hall–Kier alpha value is -3.64. The Balaban J connectivity index is -0.0000000102. The number of nitriles is 8. The van der Waals surface area contributed by atoms with E-state index in [2.05, 4.69) is 0 Å². The van der Waals surface area contributed by atoms with E-state index in [0.717, 1.165) is 0 Å². The molecule has 0 aromatic heterocycles. The van der Waals surface area contributed by atoms with Crippen LogP contribution in [0.15, 0.2) is 0 Å². The predicted octanol–water partition coefficient (Wildman–Crippen LogP) is -9.39. The average Bonchev–Trinajstić information content (AvgIpc) is 2.45. The summed E-state index contributed by atoms with van der Waals surface area (Å²) in [6.45, 7) is 0. The Bertz CT molecular complexity index is 377. The van der Waals surface area contributed by atoms with Gasteiger partial charge in [0, 0.05) is 50.0 Å². The molecule has 0 aliphatic heterocycles. The third kappa shape index (κ3) is 769. The molecule has 0 amide bonds. The molecule has 0 atom stereocenters. The average molecular weight is 565 g/mol. The van der Waals surface area contributed by atoms with E-state index in [1.807, 2.05) is 0 Å². The molecule has 0 N–H and O–H groups in total. The quantitative estimate of drug-likeness (QED) is 0.194. The van der Waals surface area contributed by atoms with Crippen LogP contribution < -0.4 is 40.9 Å². The van der Waals surface area contributed by atoms with Gasteiger partial charge in [0.25, 0.3) is 0 Å². The number of hydrogen-bond acceptors (Lipinski definition) is 16. The summed E-state index contributed by atoms with van der Waals surface area (Å²) >= 11 is 0. The molecule has 0 rings (SSSR count). The molecule has 0 aromatic rings. The third-order valence-electron chi connectivity index (χ3n) is 0. The molecule has 28 heavy (non-hydrogen) atoms. The van der Waals surface area contributed by atoms with Crippen molar-refractivity contribution in [3.05, 3.63) is 0 Å². The van der Waals surface area contributed by atoms with Gasteiger partial charge in [-0.1, -0.05) is 0 Å². The van der Waals surface area contributed by atoms with Crippen molar-refractivity contribution in [2.24, 2.45) is 0 Å². The number of hydrogen-bond donors (Lipinski definition) is 0. The zero-order valence-electron chi connectivity index (χ0n) is 12.2. The van der Waals surface area contributed by atoms with Gasteiger partial charge in [-0.2, -0.15) is 0 Å². The van der Waals surface area contributed by atoms with Crippen LogP contribution in [0.3, 0.4) is 0 Å². The van der Waals surface area contributed by atoms with Crippen molar-refractivity contribution in [3.63, 3.8) is 0 Å². The fourth-order valence-electron chi connectivity index (χ4n) is 0. The van der Waals surface area contributed by atoms with E-state index < -0.39 is 0 Å². The standard InChI is InChI=1S/8CHNO.Co.2Fe.Ni/c8*2-1-3;;;;/h8*3H;;;;/q;;;;;;;;4*+2/p-8. The summed E-state index contributed by atoms with van der Waals surface area (Å²) in [6.07, 6.45) is 4.00. The minimum atomic E-state index is 0. The molecular formula is C8CoFe2N8NiO8. The Morgan fingerprint density at radius 3 is 0.321 bits per heavy atom. The van der Waals surface area contributed by atoms with Crippen molar-refractivity contribution in [2.45, 2.75) is 0 Å². The molecule has 0 heterocycles. The third-order valence-corrected chi connectivity index (χ3v) is 0. The maximum atomic E-state index is 8.24. The molecule has 155 valence electrons. The second kappa shape index (κ2) is 615. The zero-order valence-corrected chi connectivity index (χ0v) is 16.4. The van der Waals surface area contributed by atoms with Crippen molar-refractivity contribution < 1.29 is 108 Å². The van der Waals surface area contributed by atoms with Gasteiger partial charge in [0.05, 0.1) is 0 Å². The van der Waals surface area contributed by atoms with Gasteiger partial charge in [0.2, 0.25) is 0 Å². The Morgan fingerprint density at radius 2 is 0.321 bits per heavy atom. The zero-order chi connectivity index (χ0) is 21.7. The summed E-state index contributed by atoms with van der Waals surface area (Å²) in [7, 11) is 0. The van der Waals surface area contributed by atoms with Gasteiger partial charge in [-0.05, 0) is 0 Å². The largest absolute Gasteiger partial charge is 2.00 e. The normalized spacial score (nSPS) is 2.00. The van der Waals surface area contributed by atoms with Gasteiger partial charge in [-0.3, -0.25) is 0 Å². The first-order valence-corrected chi connectivity index (χ1v) is 3.42. The van der Waals surface area contributed by atoms with Gasteiger partial charge in [0.1, 0.15) is 0 Å². The minimum absolute atomic E-state index is 0. The van der Waals surface area contributed by atoms with Crippen molar-refractivity contribution in [3.8, 4) is 50.0 Å². The number of nitrogens with zero attached hydrogens (tertiary/aromatic N) is 8. The van der Waals surface area contributed by atoms with Crippen LogP contribution in [-0.2, 0) is 67.4 Å². The molecule has 0 saturated heterocycles. The van der Waals surface area contributed by atoms with Gasteiger partial charge < -0.3 is 40.9 Å². The molecule has 16 nitrogen and oxygen atoms in total. The smallest absolute Gasteiger partial charge is 0.812 e. The van der Waals surface area contributed by atoms with Gasteiger partial charge in [-0.15, -0.1) is 0 Å². The summed E-state index contributed by atoms with van der Waals surface area (Å²) in [6, 6.07) is 0. The van der Waals surface area contributed by atoms with E-state index in [9.17, 15) is 0 Å². The van der Waals surface area contributed by atoms with Crippen LogP contribution >= 0.6 is 0 Å². The molecule has 0 aliphatic carbocycles. The molecule has 0 saturated carbocycles. The van der Waals surface area contributed by atoms with E-state index in [1.54, 1.807) is 0 Å². The molecule has 0 spiro atoms. The van der Waals surface area contributed by atoms with Crippen molar-refractivity contribution in [1.82, 2.24) is 0 Å². The molecule has 0 aliphatic rings. The fourth-order valence-corrected chi connectivity index (χ4v) is 0. The fraction of sp³-hybridized carbons (Fsp3) is 0. The SMILES string of the molecule is N#C[O-].N#C[O-].N#C[O-].N#C[O-].N#C[O-].N#C[O-].N#C[O-].N#C[O-].[Co+2].[Fe+2].[Fe+2].[Ni+2]. The van der Waals surface area contributed by atoms with Gasteiger partial charge in [0.15, 0.2) is 0 Å². The van der Waals surface area contributed by atoms with Crippen molar-refractivity contribution in [1.29, 1.82) is 42.1 Å². The van der Waals surface area contributed by atoms with Crippen molar-refractivity contribution in [2.75, 3.05) is 0 Å². The summed E-state index contributed by atoms with van der Waals surface area (Å²) < 4.78 is 0. The van der Waals surface area contributed by atoms with Crippen LogP contribution in [0.5, 0.6) is 0 Å². The summed E-state index contributed by atoms with van der Waals surface area (Å²) in [4.78, 5) is 0. The first-order chi connectivity index (χ1) is 11.3. The first-order valence-electron chi connectivity index (χ1n) is 3.42. The maximum absolute atomic E-state index is 8.24. The van der Waals surface area contributed by atoms with E-state index in [1.165, 1.54) is 0 Å². The number of rotatable bonds is 0. The maximum Gasteiger partial charge on any atom is 2.00 e. The monoisotopic (exact) mass is 565 g/mol. The minimum Gasteiger partial charge on any atom is -0.812 e. The molecule has 0 bridgehead atoms. The Kier molecular flexibility index (Phi) is 1910. The summed E-state index contributed by atoms with van der Waals surface area (Å²) in [5.74, 6) is 0. The Labute approximate surface area is 199 Å². The van der Waals surface area contributed by atoms with Crippen molar-refractivity contribution >= 4 is 0 Å². The molecule has 1 radical (unpaired) electrons. The van der Waals surface area contributed by atoms with E-state index >= 15 is 0 Å². The molecule has 0 unspecified atom stereocenters. The summed E-state index contributed by atoms with van der Waals surface area (Å²) in [5.41, 5.74) is 0. The van der Waals surface area contributed by atoms with Gasteiger partial charge >= 0.3 is 67.4 Å². The summed E-state index contributed by atoms with van der Waals surface area (Å²) in [5, 5.41) is 120. The van der Waals surface area contributed by atoms with Crippen LogP contribution in [0, 0.1) is 92.1 Å². The van der Waals surface area contributed by atoms with Crippen LogP contribution in [0.2, 0.25) is 0 Å². The molecular weight excluding hydrogens is 565 g/mol. The van der Waals surface area contributed by atoms with Crippen LogP contribution in [-0.4, -0.2) is 0 Å². The topological polar surface area (TPSA) is 375 Å². The van der Waals surface area contributed by atoms with E-state index in [0.29, 0.717) is 50.0 Å². The first kappa shape index (κ1) is 87.0. The van der Waals surface area contributed by atoms with Gasteiger partial charge in [-0.25, -0.2) is 42.1 Å². The molecule has 20 heteroatoms. The second-order valence-electron chi connectivity index (χ2n) is 0.730. The van der Waals surface area contributed by atoms with E-state index in [-0.39, 0.29) is 67.4 Å².